The van der Waals surface area contributed by atoms with Crippen LogP contribution < -0.4 is 4.74 Å². The number of carbonyl (C=O) groups excluding carboxylic acids is 1. The number of ether oxygens (including phenoxy) is 1. The summed E-state index contributed by atoms with van der Waals surface area (Å²) < 4.78 is 6.19. The smallest absolute Gasteiger partial charge is 0.253 e. The molecule has 3 aromatic rings. The molecule has 0 radical (unpaired) electrons. The summed E-state index contributed by atoms with van der Waals surface area (Å²) in [6.45, 7) is 5.42. The lowest BCUT2D eigenvalue weighted by molar-refractivity contribution is 0.0772. The van der Waals surface area contributed by atoms with Gasteiger partial charge in [-0.05, 0) is 49.2 Å². The highest BCUT2D eigenvalue weighted by atomic mass is 16.5. The van der Waals surface area contributed by atoms with E-state index in [0.29, 0.717) is 13.1 Å². The minimum absolute atomic E-state index is 0.00176. The maximum atomic E-state index is 12.8. The molecule has 0 spiro atoms. The largest absolute Gasteiger partial charge is 0.486 e. The lowest BCUT2D eigenvalue weighted by atomic mass is 10.1. The highest BCUT2D eigenvalue weighted by Gasteiger charge is 2.28. The minimum Gasteiger partial charge on any atom is -0.486 e. The first-order valence-corrected chi connectivity index (χ1v) is 8.99. The van der Waals surface area contributed by atoms with Crippen molar-refractivity contribution < 1.29 is 9.53 Å². The van der Waals surface area contributed by atoms with Crippen molar-refractivity contribution in [3.05, 3.63) is 71.4 Å². The molecule has 4 rings (SSSR count). The van der Waals surface area contributed by atoms with Gasteiger partial charge in [-0.15, -0.1) is 0 Å². The Kier molecular flexibility index (Phi) is 4.33. The van der Waals surface area contributed by atoms with E-state index in [2.05, 4.69) is 11.9 Å². The number of fused-ring (bicyclic) bond motifs is 1. The van der Waals surface area contributed by atoms with Gasteiger partial charge in [-0.1, -0.05) is 24.3 Å². The zero-order chi connectivity index (χ0) is 18.1. The highest BCUT2D eigenvalue weighted by Crippen LogP contribution is 2.26. The molecule has 4 heteroatoms. The molecule has 1 amide bonds. The fourth-order valence-corrected chi connectivity index (χ4v) is 3.42. The van der Waals surface area contributed by atoms with Gasteiger partial charge in [0.2, 0.25) is 0 Å². The van der Waals surface area contributed by atoms with Crippen molar-refractivity contribution in [2.45, 2.75) is 26.4 Å². The third-order valence-corrected chi connectivity index (χ3v) is 5.08. The van der Waals surface area contributed by atoms with E-state index in [-0.39, 0.29) is 12.0 Å². The maximum absolute atomic E-state index is 12.8. The molecule has 1 aliphatic heterocycles. The van der Waals surface area contributed by atoms with Crippen LogP contribution in [0.4, 0.5) is 0 Å². The van der Waals surface area contributed by atoms with Crippen LogP contribution in [0.15, 0.2) is 54.7 Å². The number of nitrogens with zero attached hydrogens (tertiary/aromatic N) is 2. The fourth-order valence-electron chi connectivity index (χ4n) is 3.42. The van der Waals surface area contributed by atoms with Crippen LogP contribution in [-0.4, -0.2) is 35.0 Å². The van der Waals surface area contributed by atoms with Gasteiger partial charge in [0.1, 0.15) is 17.4 Å². The van der Waals surface area contributed by atoms with E-state index in [9.17, 15) is 4.79 Å². The van der Waals surface area contributed by atoms with E-state index in [1.807, 2.05) is 60.4 Å². The lowest BCUT2D eigenvalue weighted by Gasteiger charge is -2.18. The van der Waals surface area contributed by atoms with Crippen molar-refractivity contribution in [1.82, 2.24) is 9.88 Å². The van der Waals surface area contributed by atoms with E-state index in [0.717, 1.165) is 34.2 Å². The SMILES string of the molecule is Cc1ccc(C(=O)N2CCC(Oc3cccc4cccnc34)C2)cc1C. The molecule has 4 nitrogen and oxygen atoms in total. The number of aromatic nitrogens is 1. The van der Waals surface area contributed by atoms with Crippen LogP contribution in [0.1, 0.15) is 27.9 Å². The van der Waals surface area contributed by atoms with E-state index in [1.165, 1.54) is 5.56 Å². The van der Waals surface area contributed by atoms with Gasteiger partial charge >= 0.3 is 0 Å². The van der Waals surface area contributed by atoms with Crippen molar-refractivity contribution in [3.63, 3.8) is 0 Å². The summed E-state index contributed by atoms with van der Waals surface area (Å²) in [5, 5.41) is 1.06. The van der Waals surface area contributed by atoms with Gasteiger partial charge in [0.25, 0.3) is 5.91 Å². The molecule has 0 bridgehead atoms. The normalized spacial score (nSPS) is 16.8. The Morgan fingerprint density at radius 3 is 2.81 bits per heavy atom. The molecule has 1 unspecified atom stereocenters. The number of hydrogen-bond donors (Lipinski definition) is 0. The number of amides is 1. The Bertz CT molecular complexity index is 962. The number of hydrogen-bond acceptors (Lipinski definition) is 3. The van der Waals surface area contributed by atoms with Crippen LogP contribution in [0.25, 0.3) is 10.9 Å². The molecular weight excluding hydrogens is 324 g/mol. The third-order valence-electron chi connectivity index (χ3n) is 5.08. The van der Waals surface area contributed by atoms with Crippen LogP contribution in [0.2, 0.25) is 0 Å². The average Bonchev–Trinajstić information content (AvgIpc) is 3.12. The molecule has 2 heterocycles. The second kappa shape index (κ2) is 6.79. The van der Waals surface area contributed by atoms with Gasteiger partial charge in [0.05, 0.1) is 6.54 Å². The third kappa shape index (κ3) is 3.15. The molecule has 1 aromatic heterocycles. The predicted molar refractivity (Wildman–Crippen MR) is 103 cm³/mol. The molecule has 1 aliphatic rings. The zero-order valence-electron chi connectivity index (χ0n) is 15.1. The quantitative estimate of drug-likeness (QED) is 0.716. The van der Waals surface area contributed by atoms with Gasteiger partial charge < -0.3 is 9.64 Å². The minimum atomic E-state index is -0.00176. The molecule has 0 N–H and O–H groups in total. The molecular formula is C22H22N2O2. The van der Waals surface area contributed by atoms with Crippen molar-refractivity contribution in [2.75, 3.05) is 13.1 Å². The predicted octanol–water partition coefficient (Wildman–Crippen LogP) is 4.15. The van der Waals surface area contributed by atoms with Crippen LogP contribution in [0.5, 0.6) is 5.75 Å². The fraction of sp³-hybridized carbons (Fsp3) is 0.273. The molecule has 1 fully saturated rings. The number of rotatable bonds is 3. The Balaban J connectivity index is 1.48. The number of para-hydroxylation sites is 1. The Morgan fingerprint density at radius 2 is 1.96 bits per heavy atom. The van der Waals surface area contributed by atoms with E-state index < -0.39 is 0 Å². The molecule has 1 saturated heterocycles. The average molecular weight is 346 g/mol. The van der Waals surface area contributed by atoms with Crippen LogP contribution in [-0.2, 0) is 0 Å². The van der Waals surface area contributed by atoms with Gasteiger partial charge in [-0.2, -0.15) is 0 Å². The summed E-state index contributed by atoms with van der Waals surface area (Å²) in [5.74, 6) is 0.865. The second-order valence-corrected chi connectivity index (χ2v) is 6.91. The monoisotopic (exact) mass is 346 g/mol. The molecule has 2 aromatic carbocycles. The van der Waals surface area contributed by atoms with Crippen molar-refractivity contribution in [3.8, 4) is 5.75 Å². The maximum Gasteiger partial charge on any atom is 0.253 e. The van der Waals surface area contributed by atoms with Gasteiger partial charge in [0.15, 0.2) is 0 Å². The summed E-state index contributed by atoms with van der Waals surface area (Å²) in [5.41, 5.74) is 3.96. The first-order chi connectivity index (χ1) is 12.6. The van der Waals surface area contributed by atoms with Gasteiger partial charge in [0, 0.05) is 30.1 Å². The molecule has 1 atom stereocenters. The summed E-state index contributed by atoms with van der Waals surface area (Å²) in [4.78, 5) is 19.1. The summed E-state index contributed by atoms with van der Waals surface area (Å²) >= 11 is 0. The van der Waals surface area contributed by atoms with Gasteiger partial charge in [-0.25, -0.2) is 0 Å². The Labute approximate surface area is 153 Å². The Morgan fingerprint density at radius 1 is 1.12 bits per heavy atom. The molecule has 132 valence electrons. The number of benzene rings is 2. The van der Waals surface area contributed by atoms with E-state index in [4.69, 9.17) is 4.74 Å². The summed E-state index contributed by atoms with van der Waals surface area (Å²) in [6, 6.07) is 15.8. The molecule has 26 heavy (non-hydrogen) atoms. The lowest BCUT2D eigenvalue weighted by Crippen LogP contribution is -2.31. The molecule has 0 aliphatic carbocycles. The topological polar surface area (TPSA) is 42.4 Å². The second-order valence-electron chi connectivity index (χ2n) is 6.91. The van der Waals surface area contributed by atoms with Crippen LogP contribution in [0, 0.1) is 13.8 Å². The number of carbonyl (C=O) groups is 1. The van der Waals surface area contributed by atoms with Crippen LogP contribution in [0.3, 0.4) is 0 Å². The summed E-state index contributed by atoms with van der Waals surface area (Å²) in [6.07, 6.45) is 2.61. The number of pyridine rings is 1. The molecule has 0 saturated carbocycles. The summed E-state index contributed by atoms with van der Waals surface area (Å²) in [7, 11) is 0. The van der Waals surface area contributed by atoms with E-state index >= 15 is 0 Å². The Hall–Kier alpha value is -2.88. The first-order valence-electron chi connectivity index (χ1n) is 8.99. The van der Waals surface area contributed by atoms with Crippen molar-refractivity contribution in [1.29, 1.82) is 0 Å². The van der Waals surface area contributed by atoms with Crippen molar-refractivity contribution in [2.24, 2.45) is 0 Å². The zero-order valence-corrected chi connectivity index (χ0v) is 15.1. The first kappa shape index (κ1) is 16.6. The standard InChI is InChI=1S/C22H22N2O2/c1-15-8-9-18(13-16(15)2)22(25)24-12-10-19(14-24)26-20-7-3-5-17-6-4-11-23-21(17)20/h3-9,11,13,19H,10,12,14H2,1-2H3. The van der Waals surface area contributed by atoms with Crippen molar-refractivity contribution >= 4 is 16.8 Å². The van der Waals surface area contributed by atoms with Gasteiger partial charge in [-0.3, -0.25) is 9.78 Å². The van der Waals surface area contributed by atoms with Crippen LogP contribution >= 0.6 is 0 Å². The number of aryl methyl sites for hydroxylation is 2. The highest BCUT2D eigenvalue weighted by molar-refractivity contribution is 5.94. The number of likely N-dealkylation sites (tertiary alicyclic amines) is 1. The van der Waals surface area contributed by atoms with E-state index in [1.54, 1.807) is 6.20 Å².